The van der Waals surface area contributed by atoms with Crippen LogP contribution in [0.25, 0.3) is 0 Å². The first-order chi connectivity index (χ1) is 8.01. The molecule has 0 saturated heterocycles. The summed E-state index contributed by atoms with van der Waals surface area (Å²) in [5.41, 5.74) is 7.09. The number of hydrogen-bond donors (Lipinski definition) is 2. The van der Waals surface area contributed by atoms with E-state index in [1.165, 1.54) is 5.56 Å². The molecule has 100 valence electrons. The zero-order valence-corrected chi connectivity index (χ0v) is 11.7. The Morgan fingerprint density at radius 1 is 1.39 bits per heavy atom. The molecule has 0 spiro atoms. The van der Waals surface area contributed by atoms with Crippen LogP contribution in [-0.4, -0.2) is 18.0 Å². The fraction of sp³-hybridized carbons (Fsp3) is 0.500. The number of benzene rings is 1. The summed E-state index contributed by atoms with van der Waals surface area (Å²) in [7, 11) is 0. The van der Waals surface area contributed by atoms with Crippen LogP contribution in [0.1, 0.15) is 32.3 Å². The van der Waals surface area contributed by atoms with Gasteiger partial charge in [0, 0.05) is 6.04 Å². The highest BCUT2D eigenvalue weighted by Gasteiger charge is 2.42. The lowest BCUT2D eigenvalue weighted by Gasteiger charge is -2.46. The third-order valence-electron chi connectivity index (χ3n) is 3.62. The van der Waals surface area contributed by atoms with Crippen molar-refractivity contribution >= 4 is 18.3 Å². The summed E-state index contributed by atoms with van der Waals surface area (Å²) in [6.07, 6.45) is 1.99. The average molecular weight is 269 g/mol. The molecule has 1 fully saturated rings. The number of carbonyl (C=O) groups is 1. The Kier molecular flexibility index (Phi) is 4.77. The predicted molar refractivity (Wildman–Crippen MR) is 75.9 cm³/mol. The molecule has 1 atom stereocenters. The summed E-state index contributed by atoms with van der Waals surface area (Å²) >= 11 is 0. The van der Waals surface area contributed by atoms with Crippen LogP contribution >= 0.6 is 12.4 Å². The molecule has 0 heterocycles. The van der Waals surface area contributed by atoms with Gasteiger partial charge in [-0.3, -0.25) is 4.79 Å². The topological polar surface area (TPSA) is 55.1 Å². The maximum Gasteiger partial charge on any atom is 0.236 e. The summed E-state index contributed by atoms with van der Waals surface area (Å²) < 4.78 is 0. The van der Waals surface area contributed by atoms with Gasteiger partial charge in [0.2, 0.25) is 5.91 Å². The van der Waals surface area contributed by atoms with Crippen LogP contribution in [0.15, 0.2) is 30.3 Å². The molecule has 0 aromatic heterocycles. The smallest absolute Gasteiger partial charge is 0.236 e. The van der Waals surface area contributed by atoms with Crippen molar-refractivity contribution in [2.24, 2.45) is 5.73 Å². The molecule has 0 bridgehead atoms. The SMILES string of the molecule is C[C@@H](N)C(=O)NC1CC(C)(c2ccccc2)C1.Cl. The van der Waals surface area contributed by atoms with Crippen LogP contribution in [0.5, 0.6) is 0 Å². The third-order valence-corrected chi connectivity index (χ3v) is 3.62. The first-order valence-electron chi connectivity index (χ1n) is 6.13. The van der Waals surface area contributed by atoms with Gasteiger partial charge in [-0.25, -0.2) is 0 Å². The lowest BCUT2D eigenvalue weighted by molar-refractivity contribution is -0.123. The van der Waals surface area contributed by atoms with Crippen molar-refractivity contribution in [1.29, 1.82) is 0 Å². The van der Waals surface area contributed by atoms with Gasteiger partial charge in [0.05, 0.1) is 6.04 Å². The van der Waals surface area contributed by atoms with E-state index >= 15 is 0 Å². The molecular formula is C14H21ClN2O. The minimum Gasteiger partial charge on any atom is -0.352 e. The van der Waals surface area contributed by atoms with Gasteiger partial charge >= 0.3 is 0 Å². The van der Waals surface area contributed by atoms with E-state index in [1.807, 2.05) is 6.07 Å². The molecule has 1 aromatic carbocycles. The Hall–Kier alpha value is -1.06. The van der Waals surface area contributed by atoms with Crippen molar-refractivity contribution in [3.63, 3.8) is 0 Å². The van der Waals surface area contributed by atoms with Gasteiger partial charge in [0.15, 0.2) is 0 Å². The first-order valence-corrected chi connectivity index (χ1v) is 6.13. The van der Waals surface area contributed by atoms with Gasteiger partial charge in [-0.05, 0) is 30.7 Å². The van der Waals surface area contributed by atoms with Crippen molar-refractivity contribution in [2.45, 2.75) is 44.2 Å². The van der Waals surface area contributed by atoms with E-state index in [-0.39, 0.29) is 29.8 Å². The van der Waals surface area contributed by atoms with Crippen LogP contribution in [0.4, 0.5) is 0 Å². The molecule has 1 aliphatic carbocycles. The van der Waals surface area contributed by atoms with Gasteiger partial charge in [-0.15, -0.1) is 12.4 Å². The minimum atomic E-state index is -0.418. The maximum atomic E-state index is 11.5. The molecule has 1 aliphatic rings. The molecule has 3 nitrogen and oxygen atoms in total. The van der Waals surface area contributed by atoms with E-state index in [4.69, 9.17) is 5.73 Å². The minimum absolute atomic E-state index is 0. The number of halogens is 1. The molecule has 4 heteroatoms. The second-order valence-electron chi connectivity index (χ2n) is 5.33. The number of nitrogens with two attached hydrogens (primary N) is 1. The molecule has 0 aliphatic heterocycles. The van der Waals surface area contributed by atoms with E-state index < -0.39 is 6.04 Å². The number of amides is 1. The lowest BCUT2D eigenvalue weighted by atomic mass is 9.63. The predicted octanol–water partition coefficient (Wildman–Crippen LogP) is 1.99. The van der Waals surface area contributed by atoms with Crippen molar-refractivity contribution in [1.82, 2.24) is 5.32 Å². The molecule has 1 aromatic rings. The molecule has 1 saturated carbocycles. The highest BCUT2D eigenvalue weighted by Crippen LogP contribution is 2.43. The van der Waals surface area contributed by atoms with Crippen molar-refractivity contribution in [2.75, 3.05) is 0 Å². The first kappa shape index (κ1) is 15.0. The average Bonchev–Trinajstić information content (AvgIpc) is 2.27. The van der Waals surface area contributed by atoms with E-state index in [9.17, 15) is 4.79 Å². The number of rotatable bonds is 3. The monoisotopic (exact) mass is 268 g/mol. The van der Waals surface area contributed by atoms with Crippen molar-refractivity contribution in [3.05, 3.63) is 35.9 Å². The van der Waals surface area contributed by atoms with E-state index in [0.717, 1.165) is 12.8 Å². The number of nitrogens with one attached hydrogen (secondary N) is 1. The largest absolute Gasteiger partial charge is 0.352 e. The van der Waals surface area contributed by atoms with Gasteiger partial charge < -0.3 is 11.1 Å². The van der Waals surface area contributed by atoms with Gasteiger partial charge in [0.25, 0.3) is 0 Å². The second-order valence-corrected chi connectivity index (χ2v) is 5.33. The van der Waals surface area contributed by atoms with Gasteiger partial charge in [-0.2, -0.15) is 0 Å². The quantitative estimate of drug-likeness (QED) is 0.881. The third kappa shape index (κ3) is 3.03. The standard InChI is InChI=1S/C14H20N2O.ClH/c1-10(15)13(17)16-12-8-14(2,9-12)11-6-4-3-5-7-11;/h3-7,10,12H,8-9,15H2,1-2H3,(H,16,17);1H/t10-,12?,14?;/m1./s1. The van der Waals surface area contributed by atoms with Crippen molar-refractivity contribution < 1.29 is 4.79 Å². The van der Waals surface area contributed by atoms with Crippen molar-refractivity contribution in [3.8, 4) is 0 Å². The number of carbonyl (C=O) groups excluding carboxylic acids is 1. The van der Waals surface area contributed by atoms with Crippen LogP contribution in [-0.2, 0) is 10.2 Å². The molecule has 18 heavy (non-hydrogen) atoms. The zero-order chi connectivity index (χ0) is 12.5. The fourth-order valence-electron chi connectivity index (χ4n) is 2.54. The summed E-state index contributed by atoms with van der Waals surface area (Å²) in [6, 6.07) is 10.3. The van der Waals surface area contributed by atoms with Crippen LogP contribution < -0.4 is 11.1 Å². The summed E-state index contributed by atoms with van der Waals surface area (Å²) in [5, 5.41) is 2.98. The van der Waals surface area contributed by atoms with Crippen LogP contribution in [0.3, 0.4) is 0 Å². The van der Waals surface area contributed by atoms with E-state index in [0.29, 0.717) is 0 Å². The highest BCUT2D eigenvalue weighted by atomic mass is 35.5. The van der Waals surface area contributed by atoms with Gasteiger partial charge in [-0.1, -0.05) is 37.3 Å². The molecular weight excluding hydrogens is 248 g/mol. The van der Waals surface area contributed by atoms with E-state index in [1.54, 1.807) is 6.92 Å². The Balaban J connectivity index is 0.00000162. The Bertz CT molecular complexity index is 400. The summed E-state index contributed by atoms with van der Waals surface area (Å²) in [5.74, 6) is -0.0508. The highest BCUT2D eigenvalue weighted by molar-refractivity contribution is 5.85. The lowest BCUT2D eigenvalue weighted by Crippen LogP contribution is -2.54. The summed E-state index contributed by atoms with van der Waals surface area (Å²) in [4.78, 5) is 11.5. The fourth-order valence-corrected chi connectivity index (χ4v) is 2.54. The second kappa shape index (κ2) is 5.72. The Morgan fingerprint density at radius 3 is 2.44 bits per heavy atom. The zero-order valence-electron chi connectivity index (χ0n) is 10.8. The maximum absolute atomic E-state index is 11.5. The van der Waals surface area contributed by atoms with Gasteiger partial charge in [0.1, 0.15) is 0 Å². The number of hydrogen-bond acceptors (Lipinski definition) is 2. The molecule has 0 radical (unpaired) electrons. The summed E-state index contributed by atoms with van der Waals surface area (Å²) in [6.45, 7) is 3.96. The molecule has 3 N–H and O–H groups in total. The molecule has 2 rings (SSSR count). The van der Waals surface area contributed by atoms with Crippen LogP contribution in [0.2, 0.25) is 0 Å². The van der Waals surface area contributed by atoms with E-state index in [2.05, 4.69) is 36.5 Å². The molecule has 1 amide bonds. The Labute approximate surface area is 115 Å². The van der Waals surface area contributed by atoms with Crippen LogP contribution in [0, 0.1) is 0 Å². The Morgan fingerprint density at radius 2 is 1.94 bits per heavy atom. The molecule has 0 unspecified atom stereocenters. The normalized spacial score (nSPS) is 27.6.